The molecule has 1 aromatic heterocycles. The molecular weight excluding hydrogens is 382 g/mol. The first kappa shape index (κ1) is 21.3. The Bertz CT molecular complexity index is 960. The first-order valence-corrected chi connectivity index (χ1v) is 10.3. The predicted molar refractivity (Wildman–Crippen MR) is 112 cm³/mol. The summed E-state index contributed by atoms with van der Waals surface area (Å²) >= 11 is 0. The van der Waals surface area contributed by atoms with E-state index in [1.807, 2.05) is 60.7 Å². The van der Waals surface area contributed by atoms with Crippen molar-refractivity contribution in [2.24, 2.45) is 5.73 Å². The van der Waals surface area contributed by atoms with Crippen molar-refractivity contribution in [2.75, 3.05) is 13.1 Å². The lowest BCUT2D eigenvalue weighted by Crippen LogP contribution is -2.33. The van der Waals surface area contributed by atoms with Crippen LogP contribution in [0.3, 0.4) is 0 Å². The second-order valence-corrected chi connectivity index (χ2v) is 8.18. The van der Waals surface area contributed by atoms with Gasteiger partial charge >= 0.3 is 0 Å². The molecule has 0 aliphatic heterocycles. The number of pyridine rings is 1. The molecule has 2 N–H and O–H groups in total. The highest BCUT2D eigenvalue weighted by atomic mass is 35.5. The lowest BCUT2D eigenvalue weighted by Gasteiger charge is -2.22. The van der Waals surface area contributed by atoms with Gasteiger partial charge in [0, 0.05) is 24.7 Å². The molecule has 3 aromatic rings. The second kappa shape index (κ2) is 9.80. The van der Waals surface area contributed by atoms with Gasteiger partial charge in [0.15, 0.2) is 0 Å². The van der Waals surface area contributed by atoms with E-state index in [1.54, 1.807) is 6.20 Å². The monoisotopic (exact) mass is 405 g/mol. The molecule has 0 unspecified atom stereocenters. The number of rotatable bonds is 8. The van der Waals surface area contributed by atoms with Crippen LogP contribution in [0.1, 0.15) is 17.5 Å². The number of hydrogen-bond acceptors (Lipinski definition) is 4. The van der Waals surface area contributed by atoms with Crippen LogP contribution in [0.25, 0.3) is 10.9 Å². The Labute approximate surface area is 166 Å². The molecule has 2 aromatic carbocycles. The van der Waals surface area contributed by atoms with Crippen molar-refractivity contribution in [2.45, 2.75) is 18.7 Å². The molecule has 27 heavy (non-hydrogen) atoms. The van der Waals surface area contributed by atoms with Gasteiger partial charge in [-0.3, -0.25) is 4.98 Å². The minimum atomic E-state index is -3.50. The largest absolute Gasteiger partial charge is 0.330 e. The van der Waals surface area contributed by atoms with Crippen LogP contribution in [0.15, 0.2) is 66.9 Å². The van der Waals surface area contributed by atoms with Crippen LogP contribution in [0, 0.1) is 0 Å². The van der Waals surface area contributed by atoms with Gasteiger partial charge < -0.3 is 5.73 Å². The number of nitrogens with zero attached hydrogens (tertiary/aromatic N) is 2. The highest BCUT2D eigenvalue weighted by Crippen LogP contribution is 2.21. The fraction of sp³-hybridized carbons (Fsp3) is 0.250. The normalized spacial score (nSPS) is 11.5. The summed E-state index contributed by atoms with van der Waals surface area (Å²) in [5, 5.41) is 0.941. The molecule has 0 atom stereocenters. The zero-order valence-electron chi connectivity index (χ0n) is 15.0. The van der Waals surface area contributed by atoms with E-state index in [2.05, 4.69) is 4.98 Å². The van der Waals surface area contributed by atoms with Gasteiger partial charge in [-0.25, -0.2) is 8.42 Å². The standard InChI is InChI=1S/C20H23N3O2S.ClH/c21-12-6-14-23(15-17-7-2-1-3-8-17)26(24,25)16-19-10-4-9-18-11-5-13-22-20(18)19;/h1-5,7-11,13H,6,12,14-16,21H2;1H. The molecule has 3 rings (SSSR count). The third kappa shape index (κ3) is 5.49. The van der Waals surface area contributed by atoms with Crippen LogP contribution in [0.5, 0.6) is 0 Å². The van der Waals surface area contributed by atoms with Gasteiger partial charge in [0.2, 0.25) is 10.0 Å². The van der Waals surface area contributed by atoms with Gasteiger partial charge in [0.25, 0.3) is 0 Å². The number of benzene rings is 2. The molecule has 5 nitrogen and oxygen atoms in total. The smallest absolute Gasteiger partial charge is 0.218 e. The van der Waals surface area contributed by atoms with E-state index < -0.39 is 10.0 Å². The number of nitrogens with two attached hydrogens (primary N) is 1. The number of fused-ring (bicyclic) bond motifs is 1. The van der Waals surface area contributed by atoms with Crippen molar-refractivity contribution in [1.29, 1.82) is 0 Å². The zero-order valence-corrected chi connectivity index (χ0v) is 16.6. The van der Waals surface area contributed by atoms with Crippen LogP contribution in [0.2, 0.25) is 0 Å². The van der Waals surface area contributed by atoms with Crippen LogP contribution >= 0.6 is 12.4 Å². The summed E-state index contributed by atoms with van der Waals surface area (Å²) in [6.07, 6.45) is 2.31. The molecule has 0 aliphatic rings. The molecule has 0 bridgehead atoms. The lowest BCUT2D eigenvalue weighted by atomic mass is 10.1. The van der Waals surface area contributed by atoms with Crippen molar-refractivity contribution < 1.29 is 8.42 Å². The summed E-state index contributed by atoms with van der Waals surface area (Å²) in [5.41, 5.74) is 8.02. The third-order valence-corrected chi connectivity index (χ3v) is 6.04. The van der Waals surface area contributed by atoms with Gasteiger partial charge in [0.1, 0.15) is 0 Å². The Hall–Kier alpha value is -1.99. The second-order valence-electron chi connectivity index (χ2n) is 6.21. The van der Waals surface area contributed by atoms with Gasteiger partial charge in [-0.05, 0) is 30.2 Å². The summed E-state index contributed by atoms with van der Waals surface area (Å²) in [6.45, 7) is 1.21. The first-order valence-electron chi connectivity index (χ1n) is 8.64. The maximum absolute atomic E-state index is 13.1. The Kier molecular flexibility index (Phi) is 7.74. The summed E-state index contributed by atoms with van der Waals surface area (Å²) < 4.78 is 27.7. The average Bonchev–Trinajstić information content (AvgIpc) is 2.66. The van der Waals surface area contributed by atoms with E-state index in [4.69, 9.17) is 5.73 Å². The van der Waals surface area contributed by atoms with Crippen LogP contribution in [0.4, 0.5) is 0 Å². The van der Waals surface area contributed by atoms with E-state index >= 15 is 0 Å². The van der Waals surface area contributed by atoms with Crippen molar-refractivity contribution >= 4 is 33.3 Å². The minimum Gasteiger partial charge on any atom is -0.330 e. The fourth-order valence-corrected chi connectivity index (χ4v) is 4.50. The van der Waals surface area contributed by atoms with E-state index in [9.17, 15) is 8.42 Å². The lowest BCUT2D eigenvalue weighted by molar-refractivity contribution is 0.401. The van der Waals surface area contributed by atoms with Gasteiger partial charge in [-0.15, -0.1) is 12.4 Å². The van der Waals surface area contributed by atoms with Crippen LogP contribution < -0.4 is 5.73 Å². The van der Waals surface area contributed by atoms with E-state index in [0.29, 0.717) is 31.6 Å². The van der Waals surface area contributed by atoms with Gasteiger partial charge in [0.05, 0.1) is 11.3 Å². The summed E-state index contributed by atoms with van der Waals surface area (Å²) in [4.78, 5) is 4.37. The Morgan fingerprint density at radius 1 is 0.963 bits per heavy atom. The molecule has 0 aliphatic carbocycles. The maximum Gasteiger partial charge on any atom is 0.218 e. The summed E-state index contributed by atoms with van der Waals surface area (Å²) in [7, 11) is -3.50. The summed E-state index contributed by atoms with van der Waals surface area (Å²) in [5.74, 6) is -0.0707. The molecule has 0 saturated carbocycles. The minimum absolute atomic E-state index is 0. The molecular formula is C20H24ClN3O2S. The quantitative estimate of drug-likeness (QED) is 0.623. The number of para-hydroxylation sites is 1. The van der Waals surface area contributed by atoms with Crippen molar-refractivity contribution in [3.05, 3.63) is 78.0 Å². The van der Waals surface area contributed by atoms with E-state index in [0.717, 1.165) is 16.5 Å². The molecule has 144 valence electrons. The van der Waals surface area contributed by atoms with E-state index in [-0.39, 0.29) is 18.2 Å². The molecule has 0 amide bonds. The molecule has 0 saturated heterocycles. The molecule has 0 radical (unpaired) electrons. The third-order valence-electron chi connectivity index (χ3n) is 4.26. The summed E-state index contributed by atoms with van der Waals surface area (Å²) in [6, 6.07) is 19.0. The van der Waals surface area contributed by atoms with Crippen LogP contribution in [-0.4, -0.2) is 30.8 Å². The number of halogens is 1. The molecule has 0 fully saturated rings. The van der Waals surface area contributed by atoms with E-state index in [1.165, 1.54) is 4.31 Å². The maximum atomic E-state index is 13.1. The number of hydrogen-bond donors (Lipinski definition) is 1. The van der Waals surface area contributed by atoms with Gasteiger partial charge in [-0.2, -0.15) is 4.31 Å². The highest BCUT2D eigenvalue weighted by molar-refractivity contribution is 7.88. The Morgan fingerprint density at radius 3 is 2.44 bits per heavy atom. The SMILES string of the molecule is Cl.NCCCN(Cc1ccccc1)S(=O)(=O)Cc1cccc2cccnc12. The average molecular weight is 406 g/mol. The Morgan fingerprint density at radius 2 is 1.70 bits per heavy atom. The Balaban J connectivity index is 0.00000261. The number of aromatic nitrogens is 1. The van der Waals surface area contributed by atoms with Crippen molar-refractivity contribution in [3.8, 4) is 0 Å². The topological polar surface area (TPSA) is 76.3 Å². The fourth-order valence-electron chi connectivity index (χ4n) is 2.94. The number of sulfonamides is 1. The van der Waals surface area contributed by atoms with Crippen molar-refractivity contribution in [1.82, 2.24) is 9.29 Å². The zero-order chi connectivity index (χ0) is 18.4. The molecule has 7 heteroatoms. The molecule has 0 spiro atoms. The van der Waals surface area contributed by atoms with Crippen LogP contribution in [-0.2, 0) is 22.3 Å². The molecule has 1 heterocycles. The van der Waals surface area contributed by atoms with Gasteiger partial charge in [-0.1, -0.05) is 54.6 Å². The highest BCUT2D eigenvalue weighted by Gasteiger charge is 2.23. The first-order chi connectivity index (χ1) is 12.6. The predicted octanol–water partition coefficient (Wildman–Crippen LogP) is 3.34. The van der Waals surface area contributed by atoms with Crippen molar-refractivity contribution in [3.63, 3.8) is 0 Å².